The highest BCUT2D eigenvalue weighted by molar-refractivity contribution is 6.13. The number of hydrogen-bond acceptors (Lipinski definition) is 4. The van der Waals surface area contributed by atoms with E-state index in [9.17, 15) is 15.0 Å². The maximum Gasteiger partial charge on any atom is 0.189 e. The van der Waals surface area contributed by atoms with Gasteiger partial charge in [-0.15, -0.1) is 0 Å². The summed E-state index contributed by atoms with van der Waals surface area (Å²) < 4.78 is 0. The number of fused-ring (bicyclic) bond motifs is 1. The molecule has 2 aliphatic rings. The van der Waals surface area contributed by atoms with Crippen LogP contribution in [0.15, 0.2) is 54.1 Å². The third-order valence-corrected chi connectivity index (χ3v) is 6.00. The first-order chi connectivity index (χ1) is 13.7. The van der Waals surface area contributed by atoms with Crippen molar-refractivity contribution in [2.45, 2.75) is 39.0 Å². The summed E-state index contributed by atoms with van der Waals surface area (Å²) in [6, 6.07) is 14.2. The van der Waals surface area contributed by atoms with Gasteiger partial charge in [-0.2, -0.15) is 0 Å². The Morgan fingerprint density at radius 2 is 1.68 bits per heavy atom. The number of aliphatic hydroxyl groups excluding tert-OH is 2. The molecule has 0 bridgehead atoms. The molecule has 0 amide bonds. The van der Waals surface area contributed by atoms with Crippen molar-refractivity contribution in [1.82, 2.24) is 4.90 Å². The van der Waals surface area contributed by atoms with Gasteiger partial charge >= 0.3 is 0 Å². The Kier molecular flexibility index (Phi) is 5.72. The number of piperidine rings is 1. The molecular formula is C24H27NO3. The van der Waals surface area contributed by atoms with Gasteiger partial charge in [0.25, 0.3) is 0 Å². The van der Waals surface area contributed by atoms with Crippen molar-refractivity contribution in [3.63, 3.8) is 0 Å². The molecule has 2 N–H and O–H groups in total. The Balaban J connectivity index is 1.41. The zero-order valence-corrected chi connectivity index (χ0v) is 16.1. The first kappa shape index (κ1) is 19.1. The van der Waals surface area contributed by atoms with E-state index in [-0.39, 0.29) is 19.0 Å². The maximum atomic E-state index is 12.8. The number of benzene rings is 2. The van der Waals surface area contributed by atoms with Gasteiger partial charge in [-0.1, -0.05) is 42.5 Å². The van der Waals surface area contributed by atoms with Crippen molar-refractivity contribution >= 4 is 5.78 Å². The lowest BCUT2D eigenvalue weighted by molar-refractivity contribution is 0.103. The SMILES string of the molecule is O=C1/C(=C/C2CCN(Cc3ccccc3)CC2)Cc2cc(CO)c(CO)cc21. The van der Waals surface area contributed by atoms with Crippen LogP contribution in [0.25, 0.3) is 0 Å². The summed E-state index contributed by atoms with van der Waals surface area (Å²) in [7, 11) is 0. The minimum absolute atomic E-state index is 0.0842. The van der Waals surface area contributed by atoms with Gasteiger partial charge < -0.3 is 10.2 Å². The summed E-state index contributed by atoms with van der Waals surface area (Å²) >= 11 is 0. The van der Waals surface area contributed by atoms with Crippen molar-refractivity contribution in [1.29, 1.82) is 0 Å². The predicted octanol–water partition coefficient (Wildman–Crippen LogP) is 3.25. The fourth-order valence-electron chi connectivity index (χ4n) is 4.39. The molecule has 4 nitrogen and oxygen atoms in total. The van der Waals surface area contributed by atoms with Gasteiger partial charge in [0.05, 0.1) is 13.2 Å². The molecule has 4 rings (SSSR count). The smallest absolute Gasteiger partial charge is 0.189 e. The van der Waals surface area contributed by atoms with Crippen LogP contribution in [0.2, 0.25) is 0 Å². The van der Waals surface area contributed by atoms with Crippen LogP contribution in [0.3, 0.4) is 0 Å². The lowest BCUT2D eigenvalue weighted by Crippen LogP contribution is -2.32. The molecule has 0 unspecified atom stereocenters. The van der Waals surface area contributed by atoms with Crippen molar-refractivity contribution in [3.8, 4) is 0 Å². The minimum atomic E-state index is -0.157. The number of aliphatic hydroxyl groups is 2. The fraction of sp³-hybridized carbons (Fsp3) is 0.375. The molecule has 1 saturated heterocycles. The first-order valence-electron chi connectivity index (χ1n) is 10.1. The van der Waals surface area contributed by atoms with Crippen LogP contribution in [0.5, 0.6) is 0 Å². The summed E-state index contributed by atoms with van der Waals surface area (Å²) in [6.07, 6.45) is 4.96. The number of rotatable bonds is 5. The lowest BCUT2D eigenvalue weighted by Gasteiger charge is -2.30. The molecule has 0 atom stereocenters. The second kappa shape index (κ2) is 8.39. The van der Waals surface area contributed by atoms with Crippen molar-refractivity contribution < 1.29 is 15.0 Å². The molecule has 4 heteroatoms. The molecule has 0 aromatic heterocycles. The van der Waals surface area contributed by atoms with Crippen molar-refractivity contribution in [3.05, 3.63) is 81.9 Å². The van der Waals surface area contributed by atoms with Crippen LogP contribution in [0.4, 0.5) is 0 Å². The standard InChI is InChI=1S/C24H27NO3/c26-15-21-12-19-11-20(24(28)23(19)13-22(21)16-27)10-17-6-8-25(9-7-17)14-18-4-2-1-3-5-18/h1-5,10,12-13,17,26-27H,6-9,11,14-16H2/b20-10+. The number of carbonyl (C=O) groups is 1. The van der Waals surface area contributed by atoms with E-state index < -0.39 is 0 Å². The van der Waals surface area contributed by atoms with Gasteiger partial charge in [0, 0.05) is 24.1 Å². The van der Waals surface area contributed by atoms with E-state index in [4.69, 9.17) is 0 Å². The molecule has 0 saturated carbocycles. The van der Waals surface area contributed by atoms with Crippen LogP contribution in [-0.2, 0) is 26.2 Å². The predicted molar refractivity (Wildman–Crippen MR) is 109 cm³/mol. The van der Waals surface area contributed by atoms with E-state index >= 15 is 0 Å². The number of carbonyl (C=O) groups excluding carboxylic acids is 1. The molecular weight excluding hydrogens is 350 g/mol. The lowest BCUT2D eigenvalue weighted by atomic mass is 9.93. The molecule has 146 valence electrons. The average molecular weight is 377 g/mol. The normalized spacial score (nSPS) is 19.4. The highest BCUT2D eigenvalue weighted by Gasteiger charge is 2.28. The van der Waals surface area contributed by atoms with E-state index in [0.717, 1.165) is 43.6 Å². The van der Waals surface area contributed by atoms with E-state index in [1.54, 1.807) is 6.07 Å². The highest BCUT2D eigenvalue weighted by Crippen LogP contribution is 2.32. The molecule has 2 aromatic carbocycles. The van der Waals surface area contributed by atoms with E-state index in [1.807, 2.05) is 12.1 Å². The summed E-state index contributed by atoms with van der Waals surface area (Å²) in [4.78, 5) is 15.3. The Labute approximate surface area is 166 Å². The average Bonchev–Trinajstić information content (AvgIpc) is 3.03. The molecule has 0 spiro atoms. The third kappa shape index (κ3) is 3.95. The van der Waals surface area contributed by atoms with Crippen LogP contribution in [-0.4, -0.2) is 34.0 Å². The minimum Gasteiger partial charge on any atom is -0.392 e. The Bertz CT molecular complexity index is 880. The molecule has 0 radical (unpaired) electrons. The molecule has 1 fully saturated rings. The number of allylic oxidation sites excluding steroid dienone is 2. The van der Waals surface area contributed by atoms with Crippen LogP contribution in [0, 0.1) is 5.92 Å². The maximum absolute atomic E-state index is 12.8. The number of Topliss-reactive ketones (excluding diaryl/α,β-unsaturated/α-hetero) is 1. The topological polar surface area (TPSA) is 60.8 Å². The van der Waals surface area contributed by atoms with E-state index in [0.29, 0.717) is 29.0 Å². The Morgan fingerprint density at radius 3 is 2.36 bits per heavy atom. The summed E-state index contributed by atoms with van der Waals surface area (Å²) in [5.41, 5.74) is 5.23. The van der Waals surface area contributed by atoms with Gasteiger partial charge in [-0.05, 0) is 60.2 Å². The number of likely N-dealkylation sites (tertiary alicyclic amines) is 1. The molecule has 2 aromatic rings. The highest BCUT2D eigenvalue weighted by atomic mass is 16.3. The van der Waals surface area contributed by atoms with Gasteiger partial charge in [-0.25, -0.2) is 0 Å². The fourth-order valence-corrected chi connectivity index (χ4v) is 4.39. The van der Waals surface area contributed by atoms with Gasteiger partial charge in [-0.3, -0.25) is 9.69 Å². The van der Waals surface area contributed by atoms with Crippen LogP contribution >= 0.6 is 0 Å². The van der Waals surface area contributed by atoms with Crippen LogP contribution in [0.1, 0.15) is 45.5 Å². The number of nitrogens with zero attached hydrogens (tertiary/aromatic N) is 1. The number of hydrogen-bond donors (Lipinski definition) is 2. The van der Waals surface area contributed by atoms with Crippen LogP contribution < -0.4 is 0 Å². The van der Waals surface area contributed by atoms with E-state index in [2.05, 4.69) is 35.2 Å². The number of ketones is 1. The zero-order valence-electron chi connectivity index (χ0n) is 16.1. The second-order valence-corrected chi connectivity index (χ2v) is 7.89. The Hall–Kier alpha value is -2.27. The summed E-state index contributed by atoms with van der Waals surface area (Å²) in [5, 5.41) is 19.0. The quantitative estimate of drug-likeness (QED) is 0.786. The third-order valence-electron chi connectivity index (χ3n) is 6.00. The first-order valence-corrected chi connectivity index (χ1v) is 10.1. The molecule has 1 heterocycles. The van der Waals surface area contributed by atoms with E-state index in [1.165, 1.54) is 5.56 Å². The van der Waals surface area contributed by atoms with Crippen molar-refractivity contribution in [2.24, 2.45) is 5.92 Å². The zero-order chi connectivity index (χ0) is 19.5. The summed E-state index contributed by atoms with van der Waals surface area (Å²) in [6.45, 7) is 2.82. The summed E-state index contributed by atoms with van der Waals surface area (Å²) in [5.74, 6) is 0.524. The molecule has 1 aliphatic carbocycles. The molecule has 28 heavy (non-hydrogen) atoms. The van der Waals surface area contributed by atoms with Gasteiger partial charge in [0.2, 0.25) is 0 Å². The van der Waals surface area contributed by atoms with Gasteiger partial charge in [0.1, 0.15) is 0 Å². The Morgan fingerprint density at radius 1 is 1.00 bits per heavy atom. The second-order valence-electron chi connectivity index (χ2n) is 7.89. The van der Waals surface area contributed by atoms with Crippen molar-refractivity contribution in [2.75, 3.05) is 13.1 Å². The van der Waals surface area contributed by atoms with Gasteiger partial charge in [0.15, 0.2) is 5.78 Å². The molecule has 1 aliphatic heterocycles. The largest absolute Gasteiger partial charge is 0.392 e. The monoisotopic (exact) mass is 377 g/mol.